The molecular weight excluding hydrogens is 467 g/mol. The van der Waals surface area contributed by atoms with Gasteiger partial charge in [-0.05, 0) is 69.4 Å². The lowest BCUT2D eigenvalue weighted by atomic mass is 9.83. The minimum Gasteiger partial charge on any atom is -0.598 e. The van der Waals surface area contributed by atoms with Gasteiger partial charge in [0, 0.05) is 25.0 Å². The van der Waals surface area contributed by atoms with Crippen LogP contribution < -0.4 is 4.72 Å². The Hall–Kier alpha value is -1.70. The van der Waals surface area contributed by atoms with Gasteiger partial charge in [0.1, 0.15) is 22.2 Å². The minimum absolute atomic E-state index is 0.0270. The molecule has 0 spiro atoms. The molecule has 34 heavy (non-hydrogen) atoms. The van der Waals surface area contributed by atoms with Crippen molar-refractivity contribution in [3.63, 3.8) is 0 Å². The largest absolute Gasteiger partial charge is 0.598 e. The first-order valence-corrected chi connectivity index (χ1v) is 15.6. The van der Waals surface area contributed by atoms with Crippen LogP contribution in [0.3, 0.4) is 0 Å². The van der Waals surface area contributed by atoms with Gasteiger partial charge in [0.05, 0.1) is 23.8 Å². The molecule has 188 valence electrons. The van der Waals surface area contributed by atoms with Crippen molar-refractivity contribution in [2.75, 3.05) is 6.61 Å². The Morgan fingerprint density at radius 2 is 1.88 bits per heavy atom. The zero-order valence-electron chi connectivity index (χ0n) is 22.0. The lowest BCUT2D eigenvalue weighted by Crippen LogP contribution is -2.53. The number of benzene rings is 1. The Balaban J connectivity index is 2.54. The summed E-state index contributed by atoms with van der Waals surface area (Å²) in [5.74, 6) is -0.604. The number of nitriles is 1. The van der Waals surface area contributed by atoms with Crippen molar-refractivity contribution >= 4 is 19.7 Å². The number of rotatable bonds is 9. The van der Waals surface area contributed by atoms with Crippen molar-refractivity contribution in [3.8, 4) is 6.07 Å². The highest BCUT2D eigenvalue weighted by atomic mass is 32.2. The summed E-state index contributed by atoms with van der Waals surface area (Å²) >= 11 is -1.46. The average molecular weight is 507 g/mol. The van der Waals surface area contributed by atoms with Gasteiger partial charge >= 0.3 is 0 Å². The van der Waals surface area contributed by atoms with Gasteiger partial charge in [0.15, 0.2) is 8.32 Å². The van der Waals surface area contributed by atoms with Crippen LogP contribution in [0.5, 0.6) is 0 Å². The predicted octanol–water partition coefficient (Wildman–Crippen LogP) is 5.53. The van der Waals surface area contributed by atoms with E-state index < -0.39 is 35.8 Å². The van der Waals surface area contributed by atoms with Crippen LogP contribution >= 0.6 is 0 Å². The minimum atomic E-state index is -1.93. The van der Waals surface area contributed by atoms with E-state index in [1.54, 1.807) is 18.6 Å². The number of halogens is 1. The second-order valence-corrected chi connectivity index (χ2v) is 18.1. The fourth-order valence-electron chi connectivity index (χ4n) is 3.41. The van der Waals surface area contributed by atoms with Crippen LogP contribution in [0, 0.1) is 17.1 Å². The van der Waals surface area contributed by atoms with E-state index in [9.17, 15) is 14.2 Å². The first-order valence-electron chi connectivity index (χ1n) is 11.6. The van der Waals surface area contributed by atoms with Crippen LogP contribution in [-0.2, 0) is 28.4 Å². The van der Waals surface area contributed by atoms with E-state index in [4.69, 9.17) is 4.43 Å². The molecule has 1 heterocycles. The van der Waals surface area contributed by atoms with E-state index >= 15 is 0 Å². The third kappa shape index (κ3) is 6.29. The molecule has 0 aliphatic rings. The zero-order chi connectivity index (χ0) is 25.9. The molecule has 9 heteroatoms. The van der Waals surface area contributed by atoms with Crippen LogP contribution in [0.25, 0.3) is 0 Å². The number of nitrogens with zero attached hydrogens (tertiary/aromatic N) is 3. The van der Waals surface area contributed by atoms with E-state index in [1.807, 2.05) is 38.5 Å². The molecule has 2 unspecified atom stereocenters. The molecule has 1 aromatic carbocycles. The summed E-state index contributed by atoms with van der Waals surface area (Å²) in [6.45, 7) is 17.2. The number of imidazole rings is 1. The van der Waals surface area contributed by atoms with Gasteiger partial charge in [-0.3, -0.25) is 0 Å². The smallest absolute Gasteiger partial charge is 0.191 e. The number of nitrogens with one attached hydrogen (secondary N) is 1. The zero-order valence-corrected chi connectivity index (χ0v) is 23.8. The quantitative estimate of drug-likeness (QED) is 0.275. The van der Waals surface area contributed by atoms with Crippen LogP contribution in [0.2, 0.25) is 18.1 Å². The van der Waals surface area contributed by atoms with Gasteiger partial charge in [-0.15, -0.1) is 4.72 Å². The Morgan fingerprint density at radius 1 is 1.24 bits per heavy atom. The van der Waals surface area contributed by atoms with Gasteiger partial charge in [-0.25, -0.2) is 9.37 Å². The van der Waals surface area contributed by atoms with Crippen LogP contribution in [0.4, 0.5) is 4.39 Å². The maximum atomic E-state index is 14.8. The molecule has 0 radical (unpaired) electrons. The maximum Gasteiger partial charge on any atom is 0.191 e. The van der Waals surface area contributed by atoms with Gasteiger partial charge < -0.3 is 13.5 Å². The van der Waals surface area contributed by atoms with E-state index in [0.29, 0.717) is 25.0 Å². The van der Waals surface area contributed by atoms with Crippen molar-refractivity contribution in [1.82, 2.24) is 14.3 Å². The molecule has 0 saturated heterocycles. The van der Waals surface area contributed by atoms with Crippen molar-refractivity contribution < 1.29 is 13.4 Å². The third-order valence-corrected chi connectivity index (χ3v) is 12.8. The summed E-state index contributed by atoms with van der Waals surface area (Å²) in [4.78, 5) is 4.29. The molecule has 0 aliphatic heterocycles. The summed E-state index contributed by atoms with van der Waals surface area (Å²) in [6, 6.07) is 6.46. The maximum absolute atomic E-state index is 14.8. The summed E-state index contributed by atoms with van der Waals surface area (Å²) in [5, 5.41) is 9.32. The Morgan fingerprint density at radius 3 is 2.35 bits per heavy atom. The van der Waals surface area contributed by atoms with Crippen molar-refractivity contribution in [1.29, 1.82) is 5.26 Å². The monoisotopic (exact) mass is 506 g/mol. The highest BCUT2D eigenvalue weighted by Gasteiger charge is 2.44. The Labute approximate surface area is 208 Å². The van der Waals surface area contributed by atoms with Crippen molar-refractivity contribution in [2.24, 2.45) is 7.05 Å². The standard InChI is InChI=1S/C25H39FN4O2SSi/c1-23(2,3)33(31)29-25(22-17-28-18-30(22)7,20-12-11-19(16-27)21(26)15-20)13-10-14-32-34(8,9)24(4,5)6/h11-12,15,17-18,29H,10,13-14H2,1-9H3. The molecule has 0 bridgehead atoms. The molecule has 1 N–H and O–H groups in total. The van der Waals surface area contributed by atoms with Gasteiger partial charge in [-0.1, -0.05) is 26.8 Å². The van der Waals surface area contributed by atoms with Crippen molar-refractivity contribution in [3.05, 3.63) is 53.4 Å². The van der Waals surface area contributed by atoms with Gasteiger partial charge in [-0.2, -0.15) is 5.26 Å². The molecule has 0 fully saturated rings. The summed E-state index contributed by atoms with van der Waals surface area (Å²) in [7, 11) is -0.0689. The van der Waals surface area contributed by atoms with E-state index in [1.165, 1.54) is 12.1 Å². The van der Waals surface area contributed by atoms with Crippen molar-refractivity contribution in [2.45, 2.75) is 82.8 Å². The molecule has 2 rings (SSSR count). The number of aromatic nitrogens is 2. The highest BCUT2D eigenvalue weighted by molar-refractivity contribution is 7.90. The van der Waals surface area contributed by atoms with E-state index in [-0.39, 0.29) is 10.6 Å². The lowest BCUT2D eigenvalue weighted by molar-refractivity contribution is 0.260. The number of aryl methyl sites for hydroxylation is 1. The summed E-state index contributed by atoms with van der Waals surface area (Å²) in [6.07, 6.45) is 4.57. The first-order chi connectivity index (χ1) is 15.5. The SMILES string of the molecule is Cn1cncc1C(CCCO[Si](C)(C)C(C)(C)C)(N[S+]([O-])C(C)(C)C)c1ccc(C#N)c(F)c1. The molecule has 2 atom stereocenters. The van der Waals surface area contributed by atoms with E-state index in [2.05, 4.69) is 43.6 Å². The Bertz CT molecular complexity index is 1020. The molecular formula is C25H39FN4O2SSi. The van der Waals surface area contributed by atoms with Crippen LogP contribution in [0.1, 0.15) is 71.2 Å². The Kier molecular flexibility index (Phi) is 8.81. The second kappa shape index (κ2) is 10.5. The molecule has 2 aromatic rings. The first kappa shape index (κ1) is 28.5. The fourth-order valence-corrected chi connectivity index (χ4v) is 5.45. The molecule has 0 aliphatic carbocycles. The molecule has 1 aromatic heterocycles. The normalized spacial score (nSPS) is 15.6. The summed E-state index contributed by atoms with van der Waals surface area (Å²) in [5.41, 5.74) is 0.342. The lowest BCUT2D eigenvalue weighted by Gasteiger charge is -2.39. The predicted molar refractivity (Wildman–Crippen MR) is 139 cm³/mol. The van der Waals surface area contributed by atoms with Gasteiger partial charge in [0.25, 0.3) is 0 Å². The van der Waals surface area contributed by atoms with Crippen LogP contribution in [-0.4, -0.2) is 33.8 Å². The van der Waals surface area contributed by atoms with Gasteiger partial charge in [0.2, 0.25) is 0 Å². The second-order valence-electron chi connectivity index (χ2n) is 11.3. The molecule has 0 amide bonds. The number of hydrogen-bond donors (Lipinski definition) is 1. The third-order valence-electron chi connectivity index (χ3n) is 6.62. The fraction of sp³-hybridized carbons (Fsp3) is 0.600. The molecule has 0 saturated carbocycles. The number of hydrogen-bond acceptors (Lipinski definition) is 5. The average Bonchev–Trinajstić information content (AvgIpc) is 3.15. The molecule has 6 nitrogen and oxygen atoms in total. The van der Waals surface area contributed by atoms with E-state index in [0.717, 1.165) is 5.69 Å². The summed E-state index contributed by atoms with van der Waals surface area (Å²) < 4.78 is 39.2. The highest BCUT2D eigenvalue weighted by Crippen LogP contribution is 2.39. The topological polar surface area (TPSA) is 85.9 Å². The van der Waals surface area contributed by atoms with Crippen LogP contribution in [0.15, 0.2) is 30.7 Å².